The molecule has 0 atom stereocenters. The van der Waals surface area contributed by atoms with Gasteiger partial charge in [-0.3, -0.25) is 9.59 Å². The van der Waals surface area contributed by atoms with Gasteiger partial charge in [0.25, 0.3) is 11.8 Å². The van der Waals surface area contributed by atoms with Gasteiger partial charge >= 0.3 is 0 Å². The Kier molecular flexibility index (Phi) is 6.52. The van der Waals surface area contributed by atoms with E-state index in [-0.39, 0.29) is 45.1 Å². The molecule has 2 N–H and O–H groups in total. The average molecular weight is 427 g/mol. The first-order valence-corrected chi connectivity index (χ1v) is 9.61. The molecule has 0 spiro atoms. The second-order valence-corrected chi connectivity index (χ2v) is 7.56. The van der Waals surface area contributed by atoms with Crippen molar-refractivity contribution in [3.63, 3.8) is 0 Å². The lowest BCUT2D eigenvalue weighted by molar-refractivity contribution is 0.0892. The third-order valence-corrected chi connectivity index (χ3v) is 5.37. The Morgan fingerprint density at radius 1 is 0.750 bits per heavy atom. The number of amides is 2. The van der Waals surface area contributed by atoms with E-state index in [1.54, 1.807) is 0 Å². The van der Waals surface area contributed by atoms with E-state index in [4.69, 9.17) is 23.2 Å². The fourth-order valence-corrected chi connectivity index (χ4v) is 3.76. The summed E-state index contributed by atoms with van der Waals surface area (Å²) in [6.45, 7) is 0. The molecule has 8 heteroatoms. The third kappa shape index (κ3) is 5.00. The zero-order valence-electron chi connectivity index (χ0n) is 14.8. The number of carbonyl (C=O) groups excluding carboxylic acids is 2. The summed E-state index contributed by atoms with van der Waals surface area (Å²) in [6, 6.07) is 7.16. The van der Waals surface area contributed by atoms with Crippen LogP contribution in [0.15, 0.2) is 36.4 Å². The van der Waals surface area contributed by atoms with E-state index in [1.165, 1.54) is 24.3 Å². The molecule has 1 aliphatic rings. The van der Waals surface area contributed by atoms with Crippen LogP contribution in [0.3, 0.4) is 0 Å². The molecule has 0 heterocycles. The zero-order valence-corrected chi connectivity index (χ0v) is 16.3. The van der Waals surface area contributed by atoms with E-state index in [1.807, 2.05) is 0 Å². The first-order chi connectivity index (χ1) is 13.3. The average Bonchev–Trinajstić information content (AvgIpc) is 2.63. The van der Waals surface area contributed by atoms with Crippen LogP contribution in [-0.4, -0.2) is 23.9 Å². The van der Waals surface area contributed by atoms with Gasteiger partial charge in [0.15, 0.2) is 0 Å². The normalized spacial score (nSPS) is 19.1. The van der Waals surface area contributed by atoms with Crippen LogP contribution in [0.25, 0.3) is 0 Å². The van der Waals surface area contributed by atoms with Crippen molar-refractivity contribution in [3.8, 4) is 0 Å². The summed E-state index contributed by atoms with van der Waals surface area (Å²) in [5.41, 5.74) is 0.453. The minimum atomic E-state index is -0.501. The molecule has 0 saturated heterocycles. The largest absolute Gasteiger partial charge is 0.349 e. The van der Waals surface area contributed by atoms with Gasteiger partial charge in [-0.05, 0) is 62.1 Å². The Hall–Kier alpha value is -2.18. The number of hydrogen-bond donors (Lipinski definition) is 2. The Morgan fingerprint density at radius 3 is 1.43 bits per heavy atom. The molecular formula is C20H18Cl2F2N2O2. The number of rotatable bonds is 4. The molecule has 0 unspecified atom stereocenters. The standard InChI is InChI=1S/C20H18Cl2F2N2O2/c21-17-9-11(23)1-7-15(17)19(27)25-13-3-5-14(6-4-13)26-20(28)16-8-2-12(24)10-18(16)22/h1-2,7-10,13-14H,3-6H2,(H,25,27)(H,26,28). The number of halogens is 4. The van der Waals surface area contributed by atoms with Gasteiger partial charge in [-0.15, -0.1) is 0 Å². The first kappa shape index (κ1) is 20.6. The minimum Gasteiger partial charge on any atom is -0.349 e. The topological polar surface area (TPSA) is 58.2 Å². The summed E-state index contributed by atoms with van der Waals surface area (Å²) < 4.78 is 26.2. The van der Waals surface area contributed by atoms with Crippen molar-refractivity contribution in [3.05, 3.63) is 69.2 Å². The van der Waals surface area contributed by atoms with Crippen LogP contribution in [0.5, 0.6) is 0 Å². The number of benzene rings is 2. The van der Waals surface area contributed by atoms with Gasteiger partial charge < -0.3 is 10.6 Å². The molecule has 3 rings (SSSR count). The van der Waals surface area contributed by atoms with Gasteiger partial charge in [0.05, 0.1) is 21.2 Å². The molecule has 0 bridgehead atoms. The van der Waals surface area contributed by atoms with Crippen molar-refractivity contribution >= 4 is 35.0 Å². The molecular weight excluding hydrogens is 409 g/mol. The number of nitrogens with one attached hydrogen (secondary N) is 2. The van der Waals surface area contributed by atoms with E-state index >= 15 is 0 Å². The molecule has 0 aliphatic heterocycles. The smallest absolute Gasteiger partial charge is 0.253 e. The molecule has 1 aliphatic carbocycles. The highest BCUT2D eigenvalue weighted by Crippen LogP contribution is 2.23. The van der Waals surface area contributed by atoms with E-state index in [0.29, 0.717) is 25.7 Å². The van der Waals surface area contributed by atoms with Gasteiger partial charge in [0.2, 0.25) is 0 Å². The van der Waals surface area contributed by atoms with Crippen molar-refractivity contribution in [2.24, 2.45) is 0 Å². The maximum Gasteiger partial charge on any atom is 0.253 e. The Morgan fingerprint density at radius 2 is 1.11 bits per heavy atom. The summed E-state index contributed by atoms with van der Waals surface area (Å²) in [7, 11) is 0. The van der Waals surface area contributed by atoms with E-state index in [9.17, 15) is 18.4 Å². The van der Waals surface area contributed by atoms with Crippen LogP contribution in [0.4, 0.5) is 8.78 Å². The second-order valence-electron chi connectivity index (χ2n) is 6.74. The quantitative estimate of drug-likeness (QED) is 0.741. The van der Waals surface area contributed by atoms with Crippen molar-refractivity contribution in [2.45, 2.75) is 37.8 Å². The second kappa shape index (κ2) is 8.88. The molecule has 148 valence electrons. The van der Waals surface area contributed by atoms with E-state index in [0.717, 1.165) is 12.1 Å². The Bertz CT molecular complexity index is 826. The van der Waals surface area contributed by atoms with Crippen molar-refractivity contribution < 1.29 is 18.4 Å². The van der Waals surface area contributed by atoms with Crippen LogP contribution in [0, 0.1) is 11.6 Å². The maximum absolute atomic E-state index is 13.1. The third-order valence-electron chi connectivity index (χ3n) is 4.75. The van der Waals surface area contributed by atoms with Gasteiger partial charge in [-0.1, -0.05) is 23.2 Å². The van der Waals surface area contributed by atoms with Crippen LogP contribution in [0.1, 0.15) is 46.4 Å². The fourth-order valence-electron chi connectivity index (χ4n) is 3.26. The van der Waals surface area contributed by atoms with Gasteiger partial charge in [0, 0.05) is 12.1 Å². The number of carbonyl (C=O) groups is 2. The lowest BCUT2D eigenvalue weighted by Crippen LogP contribution is -2.43. The summed E-state index contributed by atoms with van der Waals surface area (Å²) in [4.78, 5) is 24.6. The van der Waals surface area contributed by atoms with Crippen LogP contribution in [0.2, 0.25) is 10.0 Å². The molecule has 28 heavy (non-hydrogen) atoms. The van der Waals surface area contributed by atoms with Gasteiger partial charge in [-0.25, -0.2) is 8.78 Å². The highest BCUT2D eigenvalue weighted by molar-refractivity contribution is 6.34. The maximum atomic E-state index is 13.1. The van der Waals surface area contributed by atoms with Crippen LogP contribution in [-0.2, 0) is 0 Å². The molecule has 2 amide bonds. The minimum absolute atomic E-state index is 0.0591. The lowest BCUT2D eigenvalue weighted by Gasteiger charge is -2.29. The molecule has 4 nitrogen and oxygen atoms in total. The Labute approximate surface area is 171 Å². The molecule has 0 aromatic heterocycles. The fraction of sp³-hybridized carbons (Fsp3) is 0.300. The predicted molar refractivity (Wildman–Crippen MR) is 104 cm³/mol. The molecule has 1 fully saturated rings. The highest BCUT2D eigenvalue weighted by Gasteiger charge is 2.25. The summed E-state index contributed by atoms with van der Waals surface area (Å²) >= 11 is 11.8. The lowest BCUT2D eigenvalue weighted by atomic mass is 9.90. The Balaban J connectivity index is 1.51. The summed E-state index contributed by atoms with van der Waals surface area (Å²) in [5, 5.41) is 5.92. The zero-order chi connectivity index (χ0) is 20.3. The summed E-state index contributed by atoms with van der Waals surface area (Å²) in [6.07, 6.45) is 2.69. The summed E-state index contributed by atoms with van der Waals surface area (Å²) in [5.74, 6) is -1.70. The van der Waals surface area contributed by atoms with Crippen molar-refractivity contribution in [1.82, 2.24) is 10.6 Å². The number of hydrogen-bond acceptors (Lipinski definition) is 2. The van der Waals surface area contributed by atoms with Crippen molar-refractivity contribution in [2.75, 3.05) is 0 Å². The first-order valence-electron chi connectivity index (χ1n) is 8.85. The van der Waals surface area contributed by atoms with Crippen LogP contribution >= 0.6 is 23.2 Å². The van der Waals surface area contributed by atoms with E-state index in [2.05, 4.69) is 10.6 Å². The predicted octanol–water partition coefficient (Wildman–Crippen LogP) is 4.74. The van der Waals surface area contributed by atoms with Gasteiger partial charge in [0.1, 0.15) is 11.6 Å². The van der Waals surface area contributed by atoms with E-state index < -0.39 is 11.6 Å². The molecule has 2 aromatic rings. The molecule has 2 aromatic carbocycles. The highest BCUT2D eigenvalue weighted by atomic mass is 35.5. The molecule has 0 radical (unpaired) electrons. The van der Waals surface area contributed by atoms with Gasteiger partial charge in [-0.2, -0.15) is 0 Å². The SMILES string of the molecule is O=C(NC1CCC(NC(=O)c2ccc(F)cc2Cl)CC1)c1ccc(F)cc1Cl. The van der Waals surface area contributed by atoms with Crippen LogP contribution < -0.4 is 10.6 Å². The van der Waals surface area contributed by atoms with Crippen molar-refractivity contribution in [1.29, 1.82) is 0 Å². The molecule has 1 saturated carbocycles. The monoisotopic (exact) mass is 426 g/mol.